The van der Waals surface area contributed by atoms with Gasteiger partial charge < -0.3 is 14.6 Å². The number of carbonyl (C=O) groups is 1. The first-order chi connectivity index (χ1) is 9.69. The van der Waals surface area contributed by atoms with E-state index in [-0.39, 0.29) is 12.5 Å². The number of benzene rings is 1. The van der Waals surface area contributed by atoms with Gasteiger partial charge in [0.1, 0.15) is 18.1 Å². The summed E-state index contributed by atoms with van der Waals surface area (Å²) in [5.74, 6) is 2.00. The maximum atomic E-state index is 11.8. The SMILES string of the molecule is CCNC(=O)Cn1c(CCCl)nc2cc(OC)ccc21. The minimum Gasteiger partial charge on any atom is -0.497 e. The molecule has 0 spiro atoms. The van der Waals surface area contributed by atoms with E-state index in [0.29, 0.717) is 18.8 Å². The first kappa shape index (κ1) is 14.7. The van der Waals surface area contributed by atoms with E-state index >= 15 is 0 Å². The molecule has 0 fully saturated rings. The number of aromatic nitrogens is 2. The van der Waals surface area contributed by atoms with E-state index < -0.39 is 0 Å². The maximum absolute atomic E-state index is 11.8. The van der Waals surface area contributed by atoms with E-state index in [0.717, 1.165) is 22.6 Å². The quantitative estimate of drug-likeness (QED) is 0.829. The second kappa shape index (κ2) is 6.61. The van der Waals surface area contributed by atoms with Gasteiger partial charge in [-0.25, -0.2) is 4.98 Å². The van der Waals surface area contributed by atoms with E-state index in [2.05, 4.69) is 10.3 Å². The molecule has 0 bridgehead atoms. The standard InChI is InChI=1S/C14H18ClN3O2/c1-3-16-14(19)9-18-12-5-4-10(20-2)8-11(12)17-13(18)6-7-15/h4-5,8H,3,6-7,9H2,1-2H3,(H,16,19). The van der Waals surface area contributed by atoms with E-state index in [9.17, 15) is 4.79 Å². The summed E-state index contributed by atoms with van der Waals surface area (Å²) in [5.41, 5.74) is 1.73. The van der Waals surface area contributed by atoms with Crippen molar-refractivity contribution < 1.29 is 9.53 Å². The number of aryl methyl sites for hydroxylation is 1. The molecule has 2 aromatic rings. The summed E-state index contributed by atoms with van der Waals surface area (Å²) in [5, 5.41) is 2.80. The summed E-state index contributed by atoms with van der Waals surface area (Å²) < 4.78 is 7.10. The molecular weight excluding hydrogens is 278 g/mol. The Labute approximate surface area is 122 Å². The molecule has 0 aliphatic heterocycles. The van der Waals surface area contributed by atoms with Gasteiger partial charge in [0, 0.05) is 24.9 Å². The number of ether oxygens (including phenoxy) is 1. The number of rotatable bonds is 6. The number of methoxy groups -OCH3 is 1. The lowest BCUT2D eigenvalue weighted by Crippen LogP contribution is -2.27. The zero-order valence-corrected chi connectivity index (χ0v) is 12.4. The number of fused-ring (bicyclic) bond motifs is 1. The van der Waals surface area contributed by atoms with Crippen LogP contribution in [0.4, 0.5) is 0 Å². The van der Waals surface area contributed by atoms with Gasteiger partial charge in [-0.15, -0.1) is 11.6 Å². The zero-order valence-electron chi connectivity index (χ0n) is 11.6. The molecule has 2 rings (SSSR count). The number of amides is 1. The molecule has 0 unspecified atom stereocenters. The van der Waals surface area contributed by atoms with Crippen molar-refractivity contribution in [2.24, 2.45) is 0 Å². The van der Waals surface area contributed by atoms with Crippen LogP contribution in [0.2, 0.25) is 0 Å². The predicted molar refractivity (Wildman–Crippen MR) is 79.4 cm³/mol. The topological polar surface area (TPSA) is 56.2 Å². The highest BCUT2D eigenvalue weighted by Crippen LogP contribution is 2.22. The molecule has 1 aromatic carbocycles. The van der Waals surface area contributed by atoms with Crippen molar-refractivity contribution >= 4 is 28.5 Å². The number of imidazole rings is 1. The van der Waals surface area contributed by atoms with Crippen LogP contribution in [0.5, 0.6) is 5.75 Å². The van der Waals surface area contributed by atoms with Crippen molar-refractivity contribution in [3.05, 3.63) is 24.0 Å². The third-order valence-corrected chi connectivity index (χ3v) is 3.22. The van der Waals surface area contributed by atoms with Crippen LogP contribution in [0.3, 0.4) is 0 Å². The Morgan fingerprint density at radius 2 is 2.30 bits per heavy atom. The van der Waals surface area contributed by atoms with Crippen LogP contribution in [0.1, 0.15) is 12.7 Å². The first-order valence-corrected chi connectivity index (χ1v) is 7.08. The normalized spacial score (nSPS) is 10.8. The van der Waals surface area contributed by atoms with E-state index in [4.69, 9.17) is 16.3 Å². The number of nitrogens with one attached hydrogen (secondary N) is 1. The second-order valence-electron chi connectivity index (χ2n) is 4.36. The molecule has 5 nitrogen and oxygen atoms in total. The minimum atomic E-state index is -0.0292. The second-order valence-corrected chi connectivity index (χ2v) is 4.74. The molecule has 0 atom stereocenters. The molecule has 108 valence electrons. The van der Waals surface area contributed by atoms with Gasteiger partial charge in [-0.3, -0.25) is 4.79 Å². The summed E-state index contributed by atoms with van der Waals surface area (Å²) >= 11 is 5.81. The van der Waals surface area contributed by atoms with Crippen molar-refractivity contribution in [1.29, 1.82) is 0 Å². The highest BCUT2D eigenvalue weighted by Gasteiger charge is 2.13. The molecule has 20 heavy (non-hydrogen) atoms. The molecule has 1 heterocycles. The molecule has 1 N–H and O–H groups in total. The maximum Gasteiger partial charge on any atom is 0.239 e. The predicted octanol–water partition coefficient (Wildman–Crippen LogP) is 1.96. The first-order valence-electron chi connectivity index (χ1n) is 6.55. The lowest BCUT2D eigenvalue weighted by atomic mass is 10.3. The van der Waals surface area contributed by atoms with E-state index in [1.807, 2.05) is 29.7 Å². The van der Waals surface area contributed by atoms with E-state index in [1.165, 1.54) is 0 Å². The Kier molecular flexibility index (Phi) is 4.84. The molecule has 0 aliphatic carbocycles. The monoisotopic (exact) mass is 295 g/mol. The summed E-state index contributed by atoms with van der Waals surface area (Å²) in [6.45, 7) is 2.77. The van der Waals surface area contributed by atoms with Crippen molar-refractivity contribution in [2.75, 3.05) is 19.5 Å². The summed E-state index contributed by atoms with van der Waals surface area (Å²) in [6.07, 6.45) is 0.623. The minimum absolute atomic E-state index is 0.0292. The number of halogens is 1. The number of hydrogen-bond donors (Lipinski definition) is 1. The van der Waals surface area contributed by atoms with Crippen molar-refractivity contribution in [1.82, 2.24) is 14.9 Å². The summed E-state index contributed by atoms with van der Waals surface area (Å²) in [6, 6.07) is 5.64. The van der Waals surface area contributed by atoms with Crippen LogP contribution in [0, 0.1) is 0 Å². The van der Waals surface area contributed by atoms with Crippen LogP contribution in [-0.2, 0) is 17.8 Å². The van der Waals surface area contributed by atoms with Gasteiger partial charge in [-0.2, -0.15) is 0 Å². The average Bonchev–Trinajstić information content (AvgIpc) is 2.76. The molecule has 6 heteroatoms. The number of alkyl halides is 1. The number of carbonyl (C=O) groups excluding carboxylic acids is 1. The lowest BCUT2D eigenvalue weighted by molar-refractivity contribution is -0.121. The Morgan fingerprint density at radius 1 is 1.50 bits per heavy atom. The van der Waals surface area contributed by atoms with Crippen LogP contribution >= 0.6 is 11.6 Å². The fraction of sp³-hybridized carbons (Fsp3) is 0.429. The molecule has 1 amide bonds. The number of likely N-dealkylation sites (N-methyl/N-ethyl adjacent to an activating group) is 1. The molecular formula is C14H18ClN3O2. The summed E-state index contributed by atoms with van der Waals surface area (Å²) in [7, 11) is 1.62. The van der Waals surface area contributed by atoms with Gasteiger partial charge in [0.25, 0.3) is 0 Å². The lowest BCUT2D eigenvalue weighted by Gasteiger charge is -2.08. The van der Waals surface area contributed by atoms with Crippen molar-refractivity contribution in [2.45, 2.75) is 19.9 Å². The van der Waals surface area contributed by atoms with Crippen molar-refractivity contribution in [3.63, 3.8) is 0 Å². The van der Waals surface area contributed by atoms with Crippen molar-refractivity contribution in [3.8, 4) is 5.75 Å². The molecule has 0 saturated heterocycles. The summed E-state index contributed by atoms with van der Waals surface area (Å²) in [4.78, 5) is 16.4. The third-order valence-electron chi connectivity index (χ3n) is 3.03. The number of nitrogens with zero attached hydrogens (tertiary/aromatic N) is 2. The van der Waals surface area contributed by atoms with Crippen LogP contribution in [0.15, 0.2) is 18.2 Å². The van der Waals surface area contributed by atoms with Crippen LogP contribution < -0.4 is 10.1 Å². The fourth-order valence-corrected chi connectivity index (χ4v) is 2.30. The van der Waals surface area contributed by atoms with Gasteiger partial charge in [-0.1, -0.05) is 0 Å². The fourth-order valence-electron chi connectivity index (χ4n) is 2.13. The van der Waals surface area contributed by atoms with E-state index in [1.54, 1.807) is 7.11 Å². The Morgan fingerprint density at radius 3 is 2.95 bits per heavy atom. The van der Waals surface area contributed by atoms with Gasteiger partial charge in [-0.05, 0) is 19.1 Å². The van der Waals surface area contributed by atoms with Gasteiger partial charge in [0.15, 0.2) is 0 Å². The van der Waals surface area contributed by atoms with Gasteiger partial charge in [0.2, 0.25) is 5.91 Å². The Bertz CT molecular complexity index is 610. The van der Waals surface area contributed by atoms with Crippen LogP contribution in [0.25, 0.3) is 11.0 Å². The highest BCUT2D eigenvalue weighted by molar-refractivity contribution is 6.17. The smallest absolute Gasteiger partial charge is 0.239 e. The highest BCUT2D eigenvalue weighted by atomic mass is 35.5. The van der Waals surface area contributed by atoms with Crippen LogP contribution in [-0.4, -0.2) is 35.0 Å². The Hall–Kier alpha value is -1.75. The van der Waals surface area contributed by atoms with Gasteiger partial charge >= 0.3 is 0 Å². The third kappa shape index (κ3) is 3.04. The molecule has 0 saturated carbocycles. The molecule has 1 aromatic heterocycles. The zero-order chi connectivity index (χ0) is 14.5. The average molecular weight is 296 g/mol. The number of hydrogen-bond acceptors (Lipinski definition) is 3. The molecule has 0 radical (unpaired) electrons. The Balaban J connectivity index is 2.42. The molecule has 0 aliphatic rings. The largest absolute Gasteiger partial charge is 0.497 e. The van der Waals surface area contributed by atoms with Gasteiger partial charge in [0.05, 0.1) is 18.1 Å².